The molecule has 6 nitrogen and oxygen atoms in total. The van der Waals surface area contributed by atoms with Crippen molar-refractivity contribution in [3.8, 4) is 11.5 Å². The van der Waals surface area contributed by atoms with E-state index in [9.17, 15) is 4.79 Å². The van der Waals surface area contributed by atoms with Crippen LogP contribution in [0.25, 0.3) is 11.0 Å². The SMILES string of the molecule is Cc1cc(C)cc(OCCn2c(CCNC(=O)COc3ccc(Cl)cc3)nc3ccccc32)c1. The number of halogens is 1. The molecule has 34 heavy (non-hydrogen) atoms. The first kappa shape index (κ1) is 23.6. The fraction of sp³-hybridized carbons (Fsp3) is 0.259. The van der Waals surface area contributed by atoms with E-state index in [4.69, 9.17) is 26.1 Å². The molecule has 0 saturated carbocycles. The van der Waals surface area contributed by atoms with E-state index in [1.54, 1.807) is 24.3 Å². The second kappa shape index (κ2) is 11.1. The number of fused-ring (bicyclic) bond motifs is 1. The number of rotatable bonds is 10. The smallest absolute Gasteiger partial charge is 0.257 e. The molecule has 0 aliphatic rings. The molecule has 1 amide bonds. The monoisotopic (exact) mass is 477 g/mol. The summed E-state index contributed by atoms with van der Waals surface area (Å²) >= 11 is 5.87. The summed E-state index contributed by atoms with van der Waals surface area (Å²) in [6.45, 7) is 5.73. The third-order valence-corrected chi connectivity index (χ3v) is 5.62. The van der Waals surface area contributed by atoms with E-state index >= 15 is 0 Å². The van der Waals surface area contributed by atoms with Crippen LogP contribution in [0.3, 0.4) is 0 Å². The van der Waals surface area contributed by atoms with Crippen LogP contribution >= 0.6 is 11.6 Å². The summed E-state index contributed by atoms with van der Waals surface area (Å²) in [7, 11) is 0. The van der Waals surface area contributed by atoms with Crippen molar-refractivity contribution in [3.05, 3.63) is 88.7 Å². The van der Waals surface area contributed by atoms with E-state index in [1.165, 1.54) is 11.1 Å². The van der Waals surface area contributed by atoms with Gasteiger partial charge in [-0.3, -0.25) is 4.79 Å². The Balaban J connectivity index is 1.33. The van der Waals surface area contributed by atoms with Gasteiger partial charge in [0.1, 0.15) is 23.9 Å². The van der Waals surface area contributed by atoms with Crippen molar-refractivity contribution in [2.24, 2.45) is 0 Å². The summed E-state index contributed by atoms with van der Waals surface area (Å²) in [5.74, 6) is 2.20. The summed E-state index contributed by atoms with van der Waals surface area (Å²) in [5.41, 5.74) is 4.35. The lowest BCUT2D eigenvalue weighted by Gasteiger charge is -2.12. The van der Waals surface area contributed by atoms with Crippen LogP contribution in [0.4, 0.5) is 0 Å². The van der Waals surface area contributed by atoms with Crippen LogP contribution in [-0.2, 0) is 17.8 Å². The maximum Gasteiger partial charge on any atom is 0.257 e. The molecule has 3 aromatic carbocycles. The molecule has 0 atom stereocenters. The lowest BCUT2D eigenvalue weighted by atomic mass is 10.1. The van der Waals surface area contributed by atoms with Gasteiger partial charge in [-0.25, -0.2) is 4.98 Å². The van der Waals surface area contributed by atoms with E-state index in [0.717, 1.165) is 22.6 Å². The second-order valence-corrected chi connectivity index (χ2v) is 8.62. The standard InChI is InChI=1S/C27H28ClN3O3/c1-19-15-20(2)17-23(16-19)33-14-13-31-25-6-4-3-5-24(25)30-26(31)11-12-29-27(32)18-34-22-9-7-21(28)8-10-22/h3-10,15-17H,11-14,18H2,1-2H3,(H,29,32). The number of carbonyl (C=O) groups is 1. The van der Waals surface area contributed by atoms with Crippen molar-refractivity contribution < 1.29 is 14.3 Å². The number of nitrogens with one attached hydrogen (secondary N) is 1. The zero-order valence-electron chi connectivity index (χ0n) is 19.4. The molecule has 0 spiro atoms. The first-order valence-electron chi connectivity index (χ1n) is 11.3. The Kier molecular flexibility index (Phi) is 7.70. The average Bonchev–Trinajstić information content (AvgIpc) is 3.15. The lowest BCUT2D eigenvalue weighted by Crippen LogP contribution is -2.31. The molecule has 1 N–H and O–H groups in total. The number of aromatic nitrogens is 2. The number of amides is 1. The van der Waals surface area contributed by atoms with Crippen molar-refractivity contribution in [1.29, 1.82) is 0 Å². The quantitative estimate of drug-likeness (QED) is 0.344. The van der Waals surface area contributed by atoms with Crippen molar-refractivity contribution in [1.82, 2.24) is 14.9 Å². The highest BCUT2D eigenvalue weighted by Crippen LogP contribution is 2.19. The molecule has 0 bridgehead atoms. The minimum Gasteiger partial charge on any atom is -0.492 e. The fourth-order valence-electron chi connectivity index (χ4n) is 3.88. The third-order valence-electron chi connectivity index (χ3n) is 5.37. The van der Waals surface area contributed by atoms with E-state index < -0.39 is 0 Å². The highest BCUT2D eigenvalue weighted by Gasteiger charge is 2.11. The minimum absolute atomic E-state index is 0.0538. The van der Waals surface area contributed by atoms with Crippen molar-refractivity contribution >= 4 is 28.5 Å². The van der Waals surface area contributed by atoms with Gasteiger partial charge in [0.25, 0.3) is 5.91 Å². The van der Waals surface area contributed by atoms with Gasteiger partial charge in [-0.1, -0.05) is 29.8 Å². The Bertz CT molecular complexity index is 1250. The van der Waals surface area contributed by atoms with Gasteiger partial charge in [0.2, 0.25) is 0 Å². The Labute approximate surface area is 204 Å². The summed E-state index contributed by atoms with van der Waals surface area (Å²) in [4.78, 5) is 17.0. The van der Waals surface area contributed by atoms with E-state index in [0.29, 0.717) is 36.9 Å². The van der Waals surface area contributed by atoms with Crippen LogP contribution in [0.2, 0.25) is 5.02 Å². The van der Waals surface area contributed by atoms with Gasteiger partial charge in [0.05, 0.1) is 17.6 Å². The Morgan fingerprint density at radius 2 is 1.71 bits per heavy atom. The first-order valence-corrected chi connectivity index (χ1v) is 11.7. The van der Waals surface area contributed by atoms with Crippen molar-refractivity contribution in [2.75, 3.05) is 19.8 Å². The van der Waals surface area contributed by atoms with Gasteiger partial charge in [-0.15, -0.1) is 0 Å². The van der Waals surface area contributed by atoms with Crippen LogP contribution in [0.1, 0.15) is 17.0 Å². The van der Waals surface area contributed by atoms with Crippen LogP contribution in [0.15, 0.2) is 66.7 Å². The second-order valence-electron chi connectivity index (χ2n) is 8.18. The molecule has 176 valence electrons. The van der Waals surface area contributed by atoms with E-state index in [-0.39, 0.29) is 12.5 Å². The molecular formula is C27H28ClN3O3. The zero-order chi connectivity index (χ0) is 23.9. The Hall–Kier alpha value is -3.51. The number of nitrogens with zero attached hydrogens (tertiary/aromatic N) is 2. The predicted molar refractivity (Wildman–Crippen MR) is 135 cm³/mol. The summed E-state index contributed by atoms with van der Waals surface area (Å²) < 4.78 is 13.7. The molecule has 0 aliphatic heterocycles. The van der Waals surface area contributed by atoms with Gasteiger partial charge < -0.3 is 19.4 Å². The predicted octanol–water partition coefficient (Wildman–Crippen LogP) is 5.12. The molecule has 0 unspecified atom stereocenters. The summed E-state index contributed by atoms with van der Waals surface area (Å²) in [6.07, 6.45) is 0.602. The molecular weight excluding hydrogens is 450 g/mol. The Morgan fingerprint density at radius 1 is 0.971 bits per heavy atom. The molecule has 0 aliphatic carbocycles. The van der Waals surface area contributed by atoms with Gasteiger partial charge in [0, 0.05) is 18.0 Å². The van der Waals surface area contributed by atoms with Gasteiger partial charge in [-0.2, -0.15) is 0 Å². The van der Waals surface area contributed by atoms with Crippen LogP contribution in [0.5, 0.6) is 11.5 Å². The maximum atomic E-state index is 12.2. The number of ether oxygens (including phenoxy) is 2. The van der Waals surface area contributed by atoms with Gasteiger partial charge in [-0.05, 0) is 73.5 Å². The zero-order valence-corrected chi connectivity index (χ0v) is 20.1. The number of imidazole rings is 1. The van der Waals surface area contributed by atoms with E-state index in [1.807, 2.05) is 30.3 Å². The number of hydrogen-bond acceptors (Lipinski definition) is 4. The normalized spacial score (nSPS) is 10.9. The maximum absolute atomic E-state index is 12.2. The van der Waals surface area contributed by atoms with Crippen molar-refractivity contribution in [3.63, 3.8) is 0 Å². The summed E-state index contributed by atoms with van der Waals surface area (Å²) in [5, 5.41) is 3.53. The molecule has 1 heterocycles. The highest BCUT2D eigenvalue weighted by atomic mass is 35.5. The molecule has 4 rings (SSSR count). The van der Waals surface area contributed by atoms with Gasteiger partial charge >= 0.3 is 0 Å². The summed E-state index contributed by atoms with van der Waals surface area (Å²) in [6, 6.07) is 21.2. The molecule has 0 fully saturated rings. The number of hydrogen-bond donors (Lipinski definition) is 1. The van der Waals surface area contributed by atoms with Crippen LogP contribution < -0.4 is 14.8 Å². The molecule has 0 radical (unpaired) electrons. The number of aryl methyl sites for hydroxylation is 2. The minimum atomic E-state index is -0.184. The third kappa shape index (κ3) is 6.29. The van der Waals surface area contributed by atoms with Gasteiger partial charge in [0.15, 0.2) is 6.61 Å². The molecule has 7 heteroatoms. The number of para-hydroxylation sites is 2. The first-order chi connectivity index (χ1) is 16.5. The van der Waals surface area contributed by atoms with E-state index in [2.05, 4.69) is 35.9 Å². The van der Waals surface area contributed by atoms with Crippen LogP contribution in [-0.4, -0.2) is 35.2 Å². The largest absolute Gasteiger partial charge is 0.492 e. The van der Waals surface area contributed by atoms with Crippen molar-refractivity contribution in [2.45, 2.75) is 26.8 Å². The molecule has 4 aromatic rings. The van der Waals surface area contributed by atoms with Crippen LogP contribution in [0, 0.1) is 13.8 Å². The molecule has 0 saturated heterocycles. The molecule has 1 aromatic heterocycles. The lowest BCUT2D eigenvalue weighted by molar-refractivity contribution is -0.123. The topological polar surface area (TPSA) is 65.4 Å². The number of benzene rings is 3. The highest BCUT2D eigenvalue weighted by molar-refractivity contribution is 6.30. The number of carbonyl (C=O) groups excluding carboxylic acids is 1. The Morgan fingerprint density at radius 3 is 2.47 bits per heavy atom. The average molecular weight is 478 g/mol. The fourth-order valence-corrected chi connectivity index (χ4v) is 4.01.